The van der Waals surface area contributed by atoms with Gasteiger partial charge in [0.15, 0.2) is 0 Å². The van der Waals surface area contributed by atoms with E-state index in [2.05, 4.69) is 33.5 Å². The number of nitrogens with zero attached hydrogens (tertiary/aromatic N) is 2. The van der Waals surface area contributed by atoms with E-state index in [9.17, 15) is 4.79 Å². The fourth-order valence-electron chi connectivity index (χ4n) is 2.18. The number of benzene rings is 1. The fourth-order valence-corrected chi connectivity index (χ4v) is 2.28. The molecule has 2 amide bonds. The molecule has 1 aromatic rings. The van der Waals surface area contributed by atoms with Crippen molar-refractivity contribution in [3.05, 3.63) is 24.3 Å². The highest BCUT2D eigenvalue weighted by molar-refractivity contribution is 6.18. The lowest BCUT2D eigenvalue weighted by molar-refractivity contribution is 0.252. The maximum atomic E-state index is 11.6. The van der Waals surface area contributed by atoms with Crippen molar-refractivity contribution in [3.63, 3.8) is 0 Å². The largest absolute Gasteiger partial charge is 0.369 e. The number of likely N-dealkylation sites (N-methyl/N-ethyl adjacent to an activating group) is 1. The highest BCUT2D eigenvalue weighted by Gasteiger charge is 2.14. The number of hydrogen-bond donors (Lipinski definition) is 2. The second-order valence-electron chi connectivity index (χ2n) is 4.91. The monoisotopic (exact) mass is 296 g/mol. The summed E-state index contributed by atoms with van der Waals surface area (Å²) in [6.07, 6.45) is 0. The molecular formula is C14H21ClN4O. The average Bonchev–Trinajstić information content (AvgIpc) is 2.46. The van der Waals surface area contributed by atoms with E-state index in [1.165, 1.54) is 0 Å². The van der Waals surface area contributed by atoms with Crippen LogP contribution in [0.5, 0.6) is 0 Å². The van der Waals surface area contributed by atoms with Gasteiger partial charge in [0, 0.05) is 50.0 Å². The van der Waals surface area contributed by atoms with E-state index in [1.807, 2.05) is 18.2 Å². The predicted octanol–water partition coefficient (Wildman–Crippen LogP) is 1.80. The van der Waals surface area contributed by atoms with E-state index < -0.39 is 0 Å². The molecule has 6 heteroatoms. The Morgan fingerprint density at radius 2 is 2.05 bits per heavy atom. The van der Waals surface area contributed by atoms with Gasteiger partial charge in [0.25, 0.3) is 0 Å². The first kappa shape index (κ1) is 14.9. The lowest BCUT2D eigenvalue weighted by Crippen LogP contribution is -2.44. The first-order chi connectivity index (χ1) is 9.69. The van der Waals surface area contributed by atoms with E-state index >= 15 is 0 Å². The second-order valence-corrected chi connectivity index (χ2v) is 5.29. The topological polar surface area (TPSA) is 47.6 Å². The van der Waals surface area contributed by atoms with Gasteiger partial charge in [-0.1, -0.05) is 6.07 Å². The minimum atomic E-state index is -0.221. The second kappa shape index (κ2) is 7.36. The summed E-state index contributed by atoms with van der Waals surface area (Å²) in [5.41, 5.74) is 1.95. The fraction of sp³-hybridized carbons (Fsp3) is 0.500. The van der Waals surface area contributed by atoms with Gasteiger partial charge in [0.1, 0.15) is 0 Å². The third-order valence-corrected chi connectivity index (χ3v) is 3.54. The maximum Gasteiger partial charge on any atom is 0.319 e. The van der Waals surface area contributed by atoms with Gasteiger partial charge >= 0.3 is 6.03 Å². The molecule has 0 bridgehead atoms. The van der Waals surface area contributed by atoms with Gasteiger partial charge in [-0.05, 0) is 25.2 Å². The summed E-state index contributed by atoms with van der Waals surface area (Å²) in [5, 5.41) is 5.50. The van der Waals surface area contributed by atoms with Crippen molar-refractivity contribution in [3.8, 4) is 0 Å². The van der Waals surface area contributed by atoms with Crippen LogP contribution in [0.15, 0.2) is 24.3 Å². The molecule has 5 nitrogen and oxygen atoms in total. The summed E-state index contributed by atoms with van der Waals surface area (Å²) in [7, 11) is 2.14. The quantitative estimate of drug-likeness (QED) is 0.833. The van der Waals surface area contributed by atoms with Crippen LogP contribution < -0.4 is 15.5 Å². The van der Waals surface area contributed by atoms with Crippen LogP contribution in [0.3, 0.4) is 0 Å². The molecule has 0 unspecified atom stereocenters. The normalized spacial score (nSPS) is 16.0. The van der Waals surface area contributed by atoms with E-state index in [0.29, 0.717) is 12.4 Å². The van der Waals surface area contributed by atoms with Crippen molar-refractivity contribution in [2.45, 2.75) is 0 Å². The Morgan fingerprint density at radius 1 is 1.30 bits per heavy atom. The first-order valence-electron chi connectivity index (χ1n) is 6.83. The van der Waals surface area contributed by atoms with Gasteiger partial charge in [-0.25, -0.2) is 4.79 Å². The zero-order valence-corrected chi connectivity index (χ0v) is 12.5. The molecule has 1 aliphatic heterocycles. The Morgan fingerprint density at radius 3 is 2.75 bits per heavy atom. The molecule has 0 atom stereocenters. The van der Waals surface area contributed by atoms with Crippen LogP contribution in [0, 0.1) is 0 Å². The standard InChI is InChI=1S/C14H21ClN4O/c1-18-7-9-19(10-8-18)13-4-2-3-12(11-13)17-14(20)16-6-5-15/h2-4,11H,5-10H2,1H3,(H2,16,17,20). The van der Waals surface area contributed by atoms with Crippen LogP contribution in [0.4, 0.5) is 16.2 Å². The number of alkyl halides is 1. The molecule has 110 valence electrons. The zero-order chi connectivity index (χ0) is 14.4. The third kappa shape index (κ3) is 4.28. The summed E-state index contributed by atoms with van der Waals surface area (Å²) in [6, 6.07) is 7.71. The molecule has 1 aromatic carbocycles. The number of anilines is 2. The molecule has 20 heavy (non-hydrogen) atoms. The Labute approximate surface area is 124 Å². The lowest BCUT2D eigenvalue weighted by atomic mass is 10.2. The summed E-state index contributed by atoms with van der Waals surface area (Å²) < 4.78 is 0. The SMILES string of the molecule is CN1CCN(c2cccc(NC(=O)NCCCl)c2)CC1. The molecule has 1 heterocycles. The molecule has 0 spiro atoms. The number of halogens is 1. The third-order valence-electron chi connectivity index (χ3n) is 3.35. The van der Waals surface area contributed by atoms with Crippen molar-refractivity contribution in [1.82, 2.24) is 10.2 Å². The highest BCUT2D eigenvalue weighted by Crippen LogP contribution is 2.20. The van der Waals surface area contributed by atoms with Gasteiger partial charge in [0.2, 0.25) is 0 Å². The van der Waals surface area contributed by atoms with Crippen molar-refractivity contribution < 1.29 is 4.79 Å². The van der Waals surface area contributed by atoms with E-state index in [0.717, 1.165) is 37.6 Å². The van der Waals surface area contributed by atoms with Crippen molar-refractivity contribution in [1.29, 1.82) is 0 Å². The van der Waals surface area contributed by atoms with Crippen LogP contribution in [-0.4, -0.2) is 56.6 Å². The van der Waals surface area contributed by atoms with Gasteiger partial charge in [-0.2, -0.15) is 0 Å². The van der Waals surface area contributed by atoms with Crippen LogP contribution in [0.25, 0.3) is 0 Å². The number of rotatable bonds is 4. The number of carbonyl (C=O) groups is 1. The molecule has 1 saturated heterocycles. The number of hydrogen-bond acceptors (Lipinski definition) is 3. The van der Waals surface area contributed by atoms with Gasteiger partial charge in [-0.3, -0.25) is 0 Å². The summed E-state index contributed by atoms with van der Waals surface area (Å²) in [6.45, 7) is 4.62. The lowest BCUT2D eigenvalue weighted by Gasteiger charge is -2.34. The van der Waals surface area contributed by atoms with Gasteiger partial charge in [0.05, 0.1) is 0 Å². The summed E-state index contributed by atoms with van der Waals surface area (Å²) in [5.74, 6) is 0.411. The average molecular weight is 297 g/mol. The molecule has 0 aromatic heterocycles. The number of amides is 2. The van der Waals surface area contributed by atoms with Gasteiger partial charge in [-0.15, -0.1) is 11.6 Å². The Balaban J connectivity index is 1.95. The number of nitrogens with one attached hydrogen (secondary N) is 2. The number of piperazine rings is 1. The molecule has 2 N–H and O–H groups in total. The maximum absolute atomic E-state index is 11.6. The summed E-state index contributed by atoms with van der Waals surface area (Å²) >= 11 is 5.53. The molecule has 0 aliphatic carbocycles. The zero-order valence-electron chi connectivity index (χ0n) is 11.7. The Bertz CT molecular complexity index is 447. The first-order valence-corrected chi connectivity index (χ1v) is 7.37. The van der Waals surface area contributed by atoms with Crippen molar-refractivity contribution >= 4 is 29.0 Å². The Kier molecular flexibility index (Phi) is 5.49. The minimum absolute atomic E-state index is 0.221. The molecule has 1 aliphatic rings. The Hall–Kier alpha value is -1.46. The van der Waals surface area contributed by atoms with Crippen LogP contribution in [0.2, 0.25) is 0 Å². The number of carbonyl (C=O) groups excluding carboxylic acids is 1. The highest BCUT2D eigenvalue weighted by atomic mass is 35.5. The van der Waals surface area contributed by atoms with Crippen LogP contribution >= 0.6 is 11.6 Å². The molecule has 1 fully saturated rings. The predicted molar refractivity (Wildman–Crippen MR) is 83.9 cm³/mol. The van der Waals surface area contributed by atoms with Gasteiger partial charge < -0.3 is 20.4 Å². The number of urea groups is 1. The van der Waals surface area contributed by atoms with E-state index in [4.69, 9.17) is 11.6 Å². The van der Waals surface area contributed by atoms with Crippen LogP contribution in [0.1, 0.15) is 0 Å². The molecule has 0 saturated carbocycles. The molecule has 2 rings (SSSR count). The smallest absolute Gasteiger partial charge is 0.319 e. The minimum Gasteiger partial charge on any atom is -0.369 e. The summed E-state index contributed by atoms with van der Waals surface area (Å²) in [4.78, 5) is 16.3. The van der Waals surface area contributed by atoms with Crippen molar-refractivity contribution in [2.24, 2.45) is 0 Å². The van der Waals surface area contributed by atoms with Crippen molar-refractivity contribution in [2.75, 3.05) is 55.9 Å². The van der Waals surface area contributed by atoms with E-state index in [1.54, 1.807) is 0 Å². The van der Waals surface area contributed by atoms with Crippen LogP contribution in [-0.2, 0) is 0 Å². The van der Waals surface area contributed by atoms with E-state index in [-0.39, 0.29) is 6.03 Å². The molecule has 0 radical (unpaired) electrons. The molecular weight excluding hydrogens is 276 g/mol.